The van der Waals surface area contributed by atoms with Gasteiger partial charge in [-0.2, -0.15) is 0 Å². The predicted octanol–water partition coefficient (Wildman–Crippen LogP) is 3.59. The highest BCUT2D eigenvalue weighted by molar-refractivity contribution is 5.97. The first kappa shape index (κ1) is 19.2. The summed E-state index contributed by atoms with van der Waals surface area (Å²) in [5, 5.41) is 0. The van der Waals surface area contributed by atoms with Crippen molar-refractivity contribution in [3.8, 4) is 5.75 Å². The van der Waals surface area contributed by atoms with Crippen LogP contribution in [-0.2, 0) is 4.79 Å². The molecule has 2 N–H and O–H groups in total. The molecular weight excluding hydrogens is 328 g/mol. The summed E-state index contributed by atoms with van der Waals surface area (Å²) in [4.78, 5) is 23.8. The van der Waals surface area contributed by atoms with Crippen LogP contribution in [0.2, 0.25) is 0 Å². The topological polar surface area (TPSA) is 67.4 Å². The van der Waals surface area contributed by atoms with Crippen LogP contribution in [0.4, 0.5) is 0 Å². The molecule has 0 saturated heterocycles. The van der Waals surface area contributed by atoms with E-state index in [0.29, 0.717) is 18.1 Å². The first-order valence-electron chi connectivity index (χ1n) is 8.61. The lowest BCUT2D eigenvalue weighted by molar-refractivity contribution is -0.117. The van der Waals surface area contributed by atoms with Crippen molar-refractivity contribution in [1.29, 1.82) is 0 Å². The van der Waals surface area contributed by atoms with Crippen molar-refractivity contribution >= 4 is 17.9 Å². The Morgan fingerprint density at radius 2 is 1.69 bits per heavy atom. The van der Waals surface area contributed by atoms with Crippen LogP contribution in [0.1, 0.15) is 36.2 Å². The van der Waals surface area contributed by atoms with E-state index in [2.05, 4.69) is 24.7 Å². The van der Waals surface area contributed by atoms with Gasteiger partial charge in [-0.05, 0) is 48.2 Å². The minimum absolute atomic E-state index is 0.389. The van der Waals surface area contributed by atoms with Crippen molar-refractivity contribution in [2.24, 2.45) is 5.92 Å². The van der Waals surface area contributed by atoms with Crippen LogP contribution in [0.5, 0.6) is 5.75 Å². The highest BCUT2D eigenvalue weighted by Crippen LogP contribution is 2.13. The molecule has 0 heterocycles. The SMILES string of the molecule is CC(C)CCOc1ccc(C(=O)NNC(=O)/C=C/c2ccccc2)cc1. The Balaban J connectivity index is 1.78. The molecule has 2 rings (SSSR count). The fraction of sp³-hybridized carbons (Fsp3) is 0.238. The number of carbonyl (C=O) groups is 2. The second kappa shape index (κ2) is 10.0. The summed E-state index contributed by atoms with van der Waals surface area (Å²) in [7, 11) is 0. The molecule has 2 aromatic rings. The molecule has 5 heteroatoms. The average Bonchev–Trinajstić information content (AvgIpc) is 2.65. The molecule has 0 bridgehead atoms. The number of rotatable bonds is 7. The van der Waals surface area contributed by atoms with Gasteiger partial charge in [-0.3, -0.25) is 20.4 Å². The molecule has 0 unspecified atom stereocenters. The first-order valence-corrected chi connectivity index (χ1v) is 8.61. The van der Waals surface area contributed by atoms with E-state index >= 15 is 0 Å². The molecular formula is C21H24N2O3. The summed E-state index contributed by atoms with van der Waals surface area (Å²) in [6.45, 7) is 4.92. The molecule has 0 fully saturated rings. The maximum atomic E-state index is 12.0. The van der Waals surface area contributed by atoms with E-state index in [9.17, 15) is 9.59 Å². The van der Waals surface area contributed by atoms with Gasteiger partial charge in [-0.25, -0.2) is 0 Å². The van der Waals surface area contributed by atoms with Crippen molar-refractivity contribution in [2.75, 3.05) is 6.61 Å². The second-order valence-electron chi connectivity index (χ2n) is 6.24. The number of carbonyl (C=O) groups excluding carboxylic acids is 2. The molecule has 26 heavy (non-hydrogen) atoms. The lowest BCUT2D eigenvalue weighted by atomic mass is 10.1. The van der Waals surface area contributed by atoms with Gasteiger partial charge in [0.05, 0.1) is 6.61 Å². The van der Waals surface area contributed by atoms with Crippen molar-refractivity contribution in [3.63, 3.8) is 0 Å². The van der Waals surface area contributed by atoms with E-state index in [-0.39, 0.29) is 5.91 Å². The van der Waals surface area contributed by atoms with Gasteiger partial charge in [0.1, 0.15) is 5.75 Å². The van der Waals surface area contributed by atoms with Gasteiger partial charge in [0.15, 0.2) is 0 Å². The molecule has 136 valence electrons. The molecule has 0 saturated carbocycles. The van der Waals surface area contributed by atoms with E-state index in [0.717, 1.165) is 17.7 Å². The van der Waals surface area contributed by atoms with Crippen LogP contribution in [0.15, 0.2) is 60.7 Å². The molecule has 2 amide bonds. The Morgan fingerprint density at radius 3 is 2.35 bits per heavy atom. The summed E-state index contributed by atoms with van der Waals surface area (Å²) in [6, 6.07) is 16.2. The molecule has 2 aromatic carbocycles. The normalized spacial score (nSPS) is 10.7. The average molecular weight is 352 g/mol. The largest absolute Gasteiger partial charge is 0.494 e. The number of benzene rings is 2. The fourth-order valence-corrected chi connectivity index (χ4v) is 2.08. The number of hydrazine groups is 1. The monoisotopic (exact) mass is 352 g/mol. The van der Waals surface area contributed by atoms with Gasteiger partial charge in [0, 0.05) is 11.6 Å². The van der Waals surface area contributed by atoms with Crippen molar-refractivity contribution < 1.29 is 14.3 Å². The first-order chi connectivity index (χ1) is 12.5. The summed E-state index contributed by atoms with van der Waals surface area (Å²) in [5.41, 5.74) is 6.08. The van der Waals surface area contributed by atoms with Gasteiger partial charge in [-0.1, -0.05) is 44.2 Å². The molecule has 0 radical (unpaired) electrons. The highest BCUT2D eigenvalue weighted by atomic mass is 16.5. The van der Waals surface area contributed by atoms with E-state index in [4.69, 9.17) is 4.74 Å². The predicted molar refractivity (Wildman–Crippen MR) is 102 cm³/mol. The molecule has 0 spiro atoms. The third-order valence-corrected chi connectivity index (χ3v) is 3.61. The Labute approximate surface area is 154 Å². The van der Waals surface area contributed by atoms with E-state index in [1.165, 1.54) is 6.08 Å². The Kier molecular flexibility index (Phi) is 7.43. The molecule has 0 aromatic heterocycles. The van der Waals surface area contributed by atoms with E-state index < -0.39 is 5.91 Å². The van der Waals surface area contributed by atoms with Gasteiger partial charge in [0.2, 0.25) is 0 Å². The molecule has 0 aliphatic rings. The molecule has 0 atom stereocenters. The summed E-state index contributed by atoms with van der Waals surface area (Å²) < 4.78 is 5.61. The van der Waals surface area contributed by atoms with Gasteiger partial charge in [-0.15, -0.1) is 0 Å². The Hall–Kier alpha value is -3.08. The zero-order valence-corrected chi connectivity index (χ0v) is 15.1. The number of nitrogens with one attached hydrogen (secondary N) is 2. The molecule has 5 nitrogen and oxygen atoms in total. The second-order valence-corrected chi connectivity index (χ2v) is 6.24. The van der Waals surface area contributed by atoms with Crippen LogP contribution < -0.4 is 15.6 Å². The third kappa shape index (κ3) is 6.81. The van der Waals surface area contributed by atoms with Gasteiger partial charge < -0.3 is 4.74 Å². The van der Waals surface area contributed by atoms with E-state index in [1.54, 1.807) is 30.3 Å². The summed E-state index contributed by atoms with van der Waals surface area (Å²) in [5.74, 6) is 0.507. The number of hydrogen-bond acceptors (Lipinski definition) is 3. The van der Waals surface area contributed by atoms with Crippen LogP contribution in [0.3, 0.4) is 0 Å². The molecule has 0 aliphatic carbocycles. The zero-order chi connectivity index (χ0) is 18.8. The quantitative estimate of drug-likeness (QED) is 0.591. The molecule has 0 aliphatic heterocycles. The van der Waals surface area contributed by atoms with Crippen molar-refractivity contribution in [2.45, 2.75) is 20.3 Å². The van der Waals surface area contributed by atoms with Gasteiger partial charge >= 0.3 is 0 Å². The Morgan fingerprint density at radius 1 is 1.00 bits per heavy atom. The van der Waals surface area contributed by atoms with Crippen LogP contribution in [0, 0.1) is 5.92 Å². The maximum absolute atomic E-state index is 12.0. The van der Waals surface area contributed by atoms with E-state index in [1.807, 2.05) is 30.3 Å². The van der Waals surface area contributed by atoms with Crippen LogP contribution >= 0.6 is 0 Å². The van der Waals surface area contributed by atoms with Crippen molar-refractivity contribution in [3.05, 3.63) is 71.8 Å². The lowest BCUT2D eigenvalue weighted by Crippen LogP contribution is -2.40. The fourth-order valence-electron chi connectivity index (χ4n) is 2.08. The lowest BCUT2D eigenvalue weighted by Gasteiger charge is -2.09. The number of hydrogen-bond donors (Lipinski definition) is 2. The standard InChI is InChI=1S/C21H24N2O3/c1-16(2)14-15-26-19-11-9-18(10-12-19)21(25)23-22-20(24)13-8-17-6-4-3-5-7-17/h3-13,16H,14-15H2,1-2H3,(H,22,24)(H,23,25)/b13-8+. The third-order valence-electron chi connectivity index (χ3n) is 3.61. The minimum Gasteiger partial charge on any atom is -0.494 e. The van der Waals surface area contributed by atoms with Crippen molar-refractivity contribution in [1.82, 2.24) is 10.9 Å². The zero-order valence-electron chi connectivity index (χ0n) is 15.1. The summed E-state index contributed by atoms with van der Waals surface area (Å²) >= 11 is 0. The number of ether oxygens (including phenoxy) is 1. The number of amides is 2. The maximum Gasteiger partial charge on any atom is 0.269 e. The highest BCUT2D eigenvalue weighted by Gasteiger charge is 2.06. The van der Waals surface area contributed by atoms with Crippen LogP contribution in [0.25, 0.3) is 6.08 Å². The van der Waals surface area contributed by atoms with Crippen LogP contribution in [-0.4, -0.2) is 18.4 Å². The summed E-state index contributed by atoms with van der Waals surface area (Å²) in [6.07, 6.45) is 4.01. The Bertz CT molecular complexity index is 738. The van der Waals surface area contributed by atoms with Gasteiger partial charge in [0.25, 0.3) is 11.8 Å². The smallest absolute Gasteiger partial charge is 0.269 e. The minimum atomic E-state index is -0.407.